The number of hydrogen-bond acceptors (Lipinski definition) is 4. The summed E-state index contributed by atoms with van der Waals surface area (Å²) in [5.74, 6) is -0.926. The van der Waals surface area contributed by atoms with Crippen LogP contribution in [0.3, 0.4) is 0 Å². The first-order valence-electron chi connectivity index (χ1n) is 12.1. The Morgan fingerprint density at radius 1 is 0.921 bits per heavy atom. The second-order valence-corrected chi connectivity index (χ2v) is 12.0. The van der Waals surface area contributed by atoms with E-state index in [1.807, 2.05) is 51.1 Å². The summed E-state index contributed by atoms with van der Waals surface area (Å²) >= 11 is 12.6. The molecule has 1 atom stereocenters. The highest BCUT2D eigenvalue weighted by Crippen LogP contribution is 2.33. The van der Waals surface area contributed by atoms with Crippen LogP contribution in [0.25, 0.3) is 0 Å². The molecule has 0 spiro atoms. The number of carbonyl (C=O) groups is 2. The maximum absolute atomic E-state index is 13.9. The molecule has 3 aromatic carbocycles. The summed E-state index contributed by atoms with van der Waals surface area (Å²) in [5.41, 5.74) is 1.73. The number of nitrogens with one attached hydrogen (secondary N) is 1. The minimum absolute atomic E-state index is 0.00727. The summed E-state index contributed by atoms with van der Waals surface area (Å²) in [5, 5.41) is 3.19. The van der Waals surface area contributed by atoms with Crippen molar-refractivity contribution in [2.45, 2.75) is 51.2 Å². The second kappa shape index (κ2) is 12.7. The normalized spacial score (nSPS) is 12.2. The molecule has 3 aromatic rings. The van der Waals surface area contributed by atoms with Crippen molar-refractivity contribution in [2.75, 3.05) is 10.8 Å². The highest BCUT2D eigenvalue weighted by atomic mass is 35.5. The Labute approximate surface area is 234 Å². The van der Waals surface area contributed by atoms with Crippen molar-refractivity contribution >= 4 is 50.7 Å². The molecule has 2 amide bonds. The van der Waals surface area contributed by atoms with Gasteiger partial charge in [0.2, 0.25) is 11.8 Å². The molecule has 0 saturated heterocycles. The molecule has 0 fully saturated rings. The van der Waals surface area contributed by atoms with Crippen LogP contribution in [0.2, 0.25) is 10.0 Å². The summed E-state index contributed by atoms with van der Waals surface area (Å²) in [6.07, 6.45) is 0. The van der Waals surface area contributed by atoms with Crippen LogP contribution >= 0.6 is 23.2 Å². The zero-order valence-corrected chi connectivity index (χ0v) is 24.0. The number of hydrogen-bond donors (Lipinski definition) is 1. The molecular formula is C28H31Cl2N3O4S. The number of sulfonamides is 1. The molecule has 0 unspecified atom stereocenters. The summed E-state index contributed by atoms with van der Waals surface area (Å²) in [7, 11) is -4.23. The van der Waals surface area contributed by atoms with Gasteiger partial charge < -0.3 is 10.2 Å². The van der Waals surface area contributed by atoms with Crippen LogP contribution in [0.1, 0.15) is 31.9 Å². The average molecular weight is 577 g/mol. The van der Waals surface area contributed by atoms with E-state index in [0.29, 0.717) is 0 Å². The first-order chi connectivity index (χ1) is 17.9. The summed E-state index contributed by atoms with van der Waals surface area (Å²) in [6.45, 7) is 6.62. The lowest BCUT2D eigenvalue weighted by Crippen LogP contribution is -2.52. The Morgan fingerprint density at radius 3 is 2.16 bits per heavy atom. The number of amides is 2. The number of halogens is 2. The molecule has 202 valence electrons. The monoisotopic (exact) mass is 575 g/mol. The molecule has 38 heavy (non-hydrogen) atoms. The number of nitrogens with zero attached hydrogens (tertiary/aromatic N) is 2. The van der Waals surface area contributed by atoms with E-state index in [0.717, 1.165) is 15.4 Å². The van der Waals surface area contributed by atoms with Gasteiger partial charge in [-0.2, -0.15) is 0 Å². The molecule has 0 heterocycles. The molecule has 0 aliphatic carbocycles. The Hall–Kier alpha value is -3.07. The van der Waals surface area contributed by atoms with Crippen molar-refractivity contribution in [3.8, 4) is 0 Å². The quantitative estimate of drug-likeness (QED) is 0.348. The lowest BCUT2D eigenvalue weighted by molar-refractivity contribution is -0.139. The van der Waals surface area contributed by atoms with Gasteiger partial charge in [0.1, 0.15) is 12.6 Å². The summed E-state index contributed by atoms with van der Waals surface area (Å²) in [6, 6.07) is 18.9. The predicted octanol–water partition coefficient (Wildman–Crippen LogP) is 5.44. The van der Waals surface area contributed by atoms with Crippen molar-refractivity contribution in [1.29, 1.82) is 0 Å². The van der Waals surface area contributed by atoms with Crippen molar-refractivity contribution < 1.29 is 18.0 Å². The van der Waals surface area contributed by atoms with Crippen LogP contribution in [-0.2, 0) is 26.2 Å². The smallest absolute Gasteiger partial charge is 0.264 e. The van der Waals surface area contributed by atoms with Gasteiger partial charge in [-0.1, -0.05) is 71.2 Å². The second-order valence-electron chi connectivity index (χ2n) is 9.27. The van der Waals surface area contributed by atoms with E-state index in [9.17, 15) is 18.0 Å². The Morgan fingerprint density at radius 2 is 1.55 bits per heavy atom. The van der Waals surface area contributed by atoms with Gasteiger partial charge >= 0.3 is 0 Å². The van der Waals surface area contributed by atoms with Gasteiger partial charge in [0.15, 0.2) is 0 Å². The van der Waals surface area contributed by atoms with Gasteiger partial charge in [0.05, 0.1) is 15.6 Å². The highest BCUT2D eigenvalue weighted by molar-refractivity contribution is 7.92. The molecule has 0 aromatic heterocycles. The van der Waals surface area contributed by atoms with Crippen molar-refractivity contribution in [3.63, 3.8) is 0 Å². The predicted molar refractivity (Wildman–Crippen MR) is 152 cm³/mol. The van der Waals surface area contributed by atoms with E-state index < -0.39 is 28.5 Å². The zero-order chi connectivity index (χ0) is 28.0. The zero-order valence-electron chi connectivity index (χ0n) is 21.7. The fourth-order valence-corrected chi connectivity index (χ4v) is 5.66. The summed E-state index contributed by atoms with van der Waals surface area (Å²) in [4.78, 5) is 28.1. The van der Waals surface area contributed by atoms with Crippen LogP contribution in [0.15, 0.2) is 77.7 Å². The molecule has 0 aliphatic heterocycles. The van der Waals surface area contributed by atoms with Gasteiger partial charge in [-0.25, -0.2) is 8.42 Å². The SMILES string of the molecule is Cc1ccc(S(=O)(=O)N(CC(=O)N(Cc2ccccc2)[C@@H](C)C(=O)NC(C)C)c2cc(Cl)ccc2Cl)cc1. The van der Waals surface area contributed by atoms with Crippen LogP contribution in [-0.4, -0.2) is 43.8 Å². The van der Waals surface area contributed by atoms with E-state index in [2.05, 4.69) is 5.32 Å². The van der Waals surface area contributed by atoms with E-state index in [1.165, 1.54) is 35.2 Å². The third kappa shape index (κ3) is 7.28. The standard InChI is InChI=1S/C28H31Cl2N3O4S/c1-19(2)31-28(35)21(4)32(17-22-8-6-5-7-9-22)27(34)18-33(26-16-23(29)12-15-25(26)30)38(36,37)24-13-10-20(3)11-14-24/h5-16,19,21H,17-18H2,1-4H3,(H,31,35)/t21-/m0/s1. The highest BCUT2D eigenvalue weighted by Gasteiger charge is 2.33. The summed E-state index contributed by atoms with van der Waals surface area (Å²) < 4.78 is 28.6. The molecule has 0 saturated carbocycles. The van der Waals surface area contributed by atoms with Crippen LogP contribution in [0.5, 0.6) is 0 Å². The third-order valence-corrected chi connectivity index (χ3v) is 8.19. The minimum Gasteiger partial charge on any atom is -0.352 e. The lowest BCUT2D eigenvalue weighted by Gasteiger charge is -2.32. The first kappa shape index (κ1) is 29.5. The van der Waals surface area contributed by atoms with Crippen molar-refractivity contribution in [2.24, 2.45) is 0 Å². The van der Waals surface area contributed by atoms with E-state index in [4.69, 9.17) is 23.2 Å². The minimum atomic E-state index is -4.23. The molecule has 1 N–H and O–H groups in total. The lowest BCUT2D eigenvalue weighted by atomic mass is 10.1. The largest absolute Gasteiger partial charge is 0.352 e. The molecule has 3 rings (SSSR count). The number of carbonyl (C=O) groups excluding carboxylic acids is 2. The van der Waals surface area contributed by atoms with Crippen molar-refractivity contribution in [3.05, 3.63) is 94.0 Å². The van der Waals surface area contributed by atoms with E-state index in [-0.39, 0.29) is 39.1 Å². The van der Waals surface area contributed by atoms with Gasteiger partial charge in [0, 0.05) is 17.6 Å². The molecule has 10 heteroatoms. The fourth-order valence-electron chi connectivity index (χ4n) is 3.80. The van der Waals surface area contributed by atoms with Gasteiger partial charge in [0.25, 0.3) is 10.0 Å². The first-order valence-corrected chi connectivity index (χ1v) is 14.3. The van der Waals surface area contributed by atoms with Crippen molar-refractivity contribution in [1.82, 2.24) is 10.2 Å². The molecule has 0 radical (unpaired) electrons. The fraction of sp³-hybridized carbons (Fsp3) is 0.286. The molecule has 0 bridgehead atoms. The maximum Gasteiger partial charge on any atom is 0.264 e. The Balaban J connectivity index is 2.06. The van der Waals surface area contributed by atoms with Gasteiger partial charge in [-0.15, -0.1) is 0 Å². The van der Waals surface area contributed by atoms with Gasteiger partial charge in [-0.05, 0) is 63.6 Å². The molecular weight excluding hydrogens is 545 g/mol. The number of benzene rings is 3. The average Bonchev–Trinajstić information content (AvgIpc) is 2.87. The van der Waals surface area contributed by atoms with Crippen LogP contribution in [0, 0.1) is 6.92 Å². The van der Waals surface area contributed by atoms with Crippen LogP contribution < -0.4 is 9.62 Å². The number of aryl methyl sites for hydroxylation is 1. The van der Waals surface area contributed by atoms with E-state index in [1.54, 1.807) is 19.1 Å². The molecule has 0 aliphatic rings. The van der Waals surface area contributed by atoms with E-state index >= 15 is 0 Å². The Kier molecular flexibility index (Phi) is 9.82. The number of rotatable bonds is 10. The molecule has 7 nitrogen and oxygen atoms in total. The topological polar surface area (TPSA) is 86.8 Å². The van der Waals surface area contributed by atoms with Crippen LogP contribution in [0.4, 0.5) is 5.69 Å². The Bertz CT molecular complexity index is 1380. The third-order valence-electron chi connectivity index (χ3n) is 5.86. The maximum atomic E-state index is 13.9. The number of anilines is 1. The van der Waals surface area contributed by atoms with Gasteiger partial charge in [-0.3, -0.25) is 13.9 Å².